The molecule has 4 N–H and O–H groups in total. The van der Waals surface area contributed by atoms with Gasteiger partial charge in [0.15, 0.2) is 11.5 Å². The molecular formula is C24H23FN8O2. The van der Waals surface area contributed by atoms with E-state index < -0.39 is 17.4 Å². The summed E-state index contributed by atoms with van der Waals surface area (Å²) >= 11 is 0. The second-order valence-electron chi connectivity index (χ2n) is 8.94. The molecule has 0 spiro atoms. The number of rotatable bonds is 6. The highest BCUT2D eigenvalue weighted by molar-refractivity contribution is 6.07. The molecule has 1 aliphatic heterocycles. The van der Waals surface area contributed by atoms with E-state index in [4.69, 9.17) is 5.73 Å². The number of amides is 2. The highest BCUT2D eigenvalue weighted by Gasteiger charge is 2.43. The monoisotopic (exact) mass is 474 g/mol. The van der Waals surface area contributed by atoms with Crippen molar-refractivity contribution in [1.82, 2.24) is 24.7 Å². The fraction of sp³-hybridized carbons (Fsp3) is 0.250. The number of hydrogen-bond donors (Lipinski definition) is 3. The molecule has 5 rings (SSSR count). The average molecular weight is 475 g/mol. The van der Waals surface area contributed by atoms with Gasteiger partial charge in [-0.2, -0.15) is 5.10 Å². The molecule has 11 heteroatoms. The molecule has 0 saturated carbocycles. The minimum Gasteiger partial charge on any atom is -0.368 e. The summed E-state index contributed by atoms with van der Waals surface area (Å²) in [4.78, 5) is 38.1. The van der Waals surface area contributed by atoms with E-state index in [0.29, 0.717) is 39.5 Å². The number of primary amides is 1. The lowest BCUT2D eigenvalue weighted by atomic mass is 9.87. The molecule has 1 atom stereocenters. The number of anilines is 2. The van der Waals surface area contributed by atoms with Crippen molar-refractivity contribution in [3.8, 4) is 11.5 Å². The maximum absolute atomic E-state index is 14.3. The number of nitrogens with two attached hydrogens (primary N) is 1. The number of benzene rings is 1. The summed E-state index contributed by atoms with van der Waals surface area (Å²) in [5, 5.41) is 11.1. The van der Waals surface area contributed by atoms with E-state index in [9.17, 15) is 14.0 Å². The number of hydrogen-bond acceptors (Lipinski definition) is 7. The molecule has 35 heavy (non-hydrogen) atoms. The third-order valence-electron chi connectivity index (χ3n) is 6.11. The summed E-state index contributed by atoms with van der Waals surface area (Å²) in [7, 11) is 0. The Morgan fingerprint density at radius 2 is 2.00 bits per heavy atom. The van der Waals surface area contributed by atoms with Gasteiger partial charge in [0, 0.05) is 11.8 Å². The minimum atomic E-state index is -0.929. The van der Waals surface area contributed by atoms with Gasteiger partial charge in [0.1, 0.15) is 29.2 Å². The maximum atomic E-state index is 14.3. The van der Waals surface area contributed by atoms with Crippen LogP contribution < -0.4 is 16.4 Å². The topological polar surface area (TPSA) is 141 Å². The van der Waals surface area contributed by atoms with Crippen molar-refractivity contribution in [1.29, 1.82) is 0 Å². The molecule has 1 aromatic carbocycles. The van der Waals surface area contributed by atoms with Crippen LogP contribution in [0.25, 0.3) is 22.6 Å². The van der Waals surface area contributed by atoms with Crippen molar-refractivity contribution in [2.24, 2.45) is 5.73 Å². The van der Waals surface area contributed by atoms with Gasteiger partial charge < -0.3 is 16.4 Å². The van der Waals surface area contributed by atoms with Gasteiger partial charge in [-0.05, 0) is 39.0 Å². The number of nitrogens with one attached hydrogen (secondary N) is 2. The van der Waals surface area contributed by atoms with E-state index in [-0.39, 0.29) is 24.1 Å². The normalized spacial score (nSPS) is 15.0. The van der Waals surface area contributed by atoms with Crippen LogP contribution in [-0.4, -0.2) is 42.6 Å². The summed E-state index contributed by atoms with van der Waals surface area (Å²) in [6.45, 7) is 5.26. The van der Waals surface area contributed by atoms with E-state index in [0.717, 1.165) is 0 Å². The van der Waals surface area contributed by atoms with E-state index in [1.165, 1.54) is 6.07 Å². The fourth-order valence-electron chi connectivity index (χ4n) is 4.08. The predicted molar refractivity (Wildman–Crippen MR) is 128 cm³/mol. The molecular weight excluding hydrogens is 451 g/mol. The van der Waals surface area contributed by atoms with Gasteiger partial charge in [-0.25, -0.2) is 24.0 Å². The van der Waals surface area contributed by atoms with Gasteiger partial charge in [0.2, 0.25) is 11.8 Å². The third-order valence-corrected chi connectivity index (χ3v) is 6.11. The first-order valence-corrected chi connectivity index (χ1v) is 11.0. The first-order chi connectivity index (χ1) is 16.7. The highest BCUT2D eigenvalue weighted by atomic mass is 19.1. The smallest absolute Gasteiger partial charge is 0.239 e. The van der Waals surface area contributed by atoms with Crippen LogP contribution in [-0.2, 0) is 21.5 Å². The van der Waals surface area contributed by atoms with E-state index in [1.807, 2.05) is 6.07 Å². The SMILES string of the molecule is C[C@H](Nc1nc(-c2nn(Cc3ccccc3F)c3ncccc23)nc2c1C(C)(C)C(=O)N2)C(N)=O. The zero-order chi connectivity index (χ0) is 24.9. The maximum Gasteiger partial charge on any atom is 0.239 e. The zero-order valence-electron chi connectivity index (χ0n) is 19.3. The van der Waals surface area contributed by atoms with Crippen molar-refractivity contribution in [2.45, 2.75) is 38.8 Å². The van der Waals surface area contributed by atoms with Crippen LogP contribution in [0.4, 0.5) is 16.0 Å². The Bertz CT molecular complexity index is 1500. The number of aromatic nitrogens is 5. The van der Waals surface area contributed by atoms with E-state index in [1.54, 1.807) is 55.9 Å². The molecule has 0 radical (unpaired) electrons. The minimum absolute atomic E-state index is 0.151. The van der Waals surface area contributed by atoms with Crippen LogP contribution >= 0.6 is 0 Å². The molecule has 3 aromatic heterocycles. The molecule has 0 bridgehead atoms. The summed E-state index contributed by atoms with van der Waals surface area (Å²) in [5.41, 5.74) is 6.44. The van der Waals surface area contributed by atoms with Crippen LogP contribution in [0.3, 0.4) is 0 Å². The molecule has 4 aromatic rings. The van der Waals surface area contributed by atoms with Crippen molar-refractivity contribution < 1.29 is 14.0 Å². The van der Waals surface area contributed by atoms with Crippen molar-refractivity contribution >= 4 is 34.5 Å². The van der Waals surface area contributed by atoms with Crippen LogP contribution in [0, 0.1) is 5.82 Å². The molecule has 4 heterocycles. The number of nitrogens with zero attached hydrogens (tertiary/aromatic N) is 5. The Hall–Kier alpha value is -4.41. The molecule has 0 fully saturated rings. The largest absolute Gasteiger partial charge is 0.368 e. The lowest BCUT2D eigenvalue weighted by Crippen LogP contribution is -2.34. The highest BCUT2D eigenvalue weighted by Crippen LogP contribution is 2.42. The predicted octanol–water partition coefficient (Wildman–Crippen LogP) is 2.59. The van der Waals surface area contributed by atoms with Crippen LogP contribution in [0.15, 0.2) is 42.6 Å². The number of carbonyl (C=O) groups is 2. The molecule has 0 unspecified atom stereocenters. The van der Waals surface area contributed by atoms with Crippen LogP contribution in [0.5, 0.6) is 0 Å². The Kier molecular flexibility index (Phi) is 5.19. The average Bonchev–Trinajstić information content (AvgIpc) is 3.29. The number of fused-ring (bicyclic) bond motifs is 2. The third kappa shape index (κ3) is 3.74. The quantitative estimate of drug-likeness (QED) is 0.390. The Balaban J connectivity index is 1.68. The van der Waals surface area contributed by atoms with Gasteiger partial charge in [-0.15, -0.1) is 0 Å². The molecule has 0 aliphatic carbocycles. The lowest BCUT2D eigenvalue weighted by molar-refractivity contribution is -0.120. The molecule has 178 valence electrons. The number of halogens is 1. The molecule has 1 aliphatic rings. The van der Waals surface area contributed by atoms with Crippen molar-refractivity contribution in [2.75, 3.05) is 10.6 Å². The Morgan fingerprint density at radius 3 is 2.74 bits per heavy atom. The van der Waals surface area contributed by atoms with Gasteiger partial charge in [-0.1, -0.05) is 18.2 Å². The van der Waals surface area contributed by atoms with Gasteiger partial charge in [0.25, 0.3) is 0 Å². The second-order valence-corrected chi connectivity index (χ2v) is 8.94. The lowest BCUT2D eigenvalue weighted by Gasteiger charge is -2.20. The van der Waals surface area contributed by atoms with Gasteiger partial charge in [-0.3, -0.25) is 9.59 Å². The number of pyridine rings is 1. The summed E-state index contributed by atoms with van der Waals surface area (Å²) in [6, 6.07) is 9.28. The van der Waals surface area contributed by atoms with Crippen molar-refractivity contribution in [3.63, 3.8) is 0 Å². The Morgan fingerprint density at radius 1 is 1.23 bits per heavy atom. The van der Waals surface area contributed by atoms with Gasteiger partial charge >= 0.3 is 0 Å². The van der Waals surface area contributed by atoms with E-state index >= 15 is 0 Å². The fourth-order valence-corrected chi connectivity index (χ4v) is 4.08. The van der Waals surface area contributed by atoms with Gasteiger partial charge in [0.05, 0.1) is 22.9 Å². The number of carbonyl (C=O) groups excluding carboxylic acids is 2. The Labute approximate surface area is 199 Å². The standard InChI is InChI=1S/C24H23FN8O2/c1-12(18(26)34)28-19-16-20(31-23(35)24(16,2)3)30-21(29-19)17-14-8-6-10-27-22(14)33(32-17)11-13-7-4-5-9-15(13)25/h4-10,12H,11H2,1-3H3,(H2,26,34)(H2,28,29,30,31,35)/t12-/m0/s1. The first kappa shape index (κ1) is 22.4. The van der Waals surface area contributed by atoms with E-state index in [2.05, 4.69) is 30.7 Å². The zero-order valence-corrected chi connectivity index (χ0v) is 19.3. The van der Waals surface area contributed by atoms with Crippen molar-refractivity contribution in [3.05, 3.63) is 59.5 Å². The summed E-state index contributed by atoms with van der Waals surface area (Å²) < 4.78 is 15.9. The molecule has 0 saturated heterocycles. The first-order valence-electron chi connectivity index (χ1n) is 11.0. The molecule has 2 amide bonds. The summed E-state index contributed by atoms with van der Waals surface area (Å²) in [5.74, 6) is -0.321. The second kappa shape index (κ2) is 8.12. The van der Waals surface area contributed by atoms with Crippen LogP contribution in [0.1, 0.15) is 31.9 Å². The molecule has 10 nitrogen and oxygen atoms in total. The van der Waals surface area contributed by atoms with Crippen LogP contribution in [0.2, 0.25) is 0 Å². The summed E-state index contributed by atoms with van der Waals surface area (Å²) in [6.07, 6.45) is 1.62.